The third-order valence-corrected chi connectivity index (χ3v) is 5.47. The molecular formula is C17H24F3N3O. The van der Waals surface area contributed by atoms with Gasteiger partial charge in [0.15, 0.2) is 0 Å². The summed E-state index contributed by atoms with van der Waals surface area (Å²) in [7, 11) is 0. The van der Waals surface area contributed by atoms with E-state index in [-0.39, 0.29) is 18.4 Å². The molecule has 1 amide bonds. The number of likely N-dealkylation sites (tertiary alicyclic amines) is 1. The van der Waals surface area contributed by atoms with Crippen LogP contribution in [0.15, 0.2) is 12.4 Å². The summed E-state index contributed by atoms with van der Waals surface area (Å²) < 4.78 is 41.9. The van der Waals surface area contributed by atoms with Crippen LogP contribution in [0.25, 0.3) is 0 Å². The first kappa shape index (κ1) is 17.3. The summed E-state index contributed by atoms with van der Waals surface area (Å²) in [5, 5.41) is 0. The summed E-state index contributed by atoms with van der Waals surface area (Å²) in [6.07, 6.45) is 2.77. The van der Waals surface area contributed by atoms with Crippen molar-refractivity contribution in [3.05, 3.63) is 18.2 Å². The number of carbonyl (C=O) groups is 1. The van der Waals surface area contributed by atoms with Gasteiger partial charge in [0, 0.05) is 31.4 Å². The van der Waals surface area contributed by atoms with Crippen LogP contribution in [0.2, 0.25) is 0 Å². The molecule has 1 aromatic heterocycles. The van der Waals surface area contributed by atoms with Gasteiger partial charge < -0.3 is 9.47 Å². The Kier molecular flexibility index (Phi) is 4.88. The van der Waals surface area contributed by atoms with Crippen molar-refractivity contribution in [2.24, 2.45) is 11.8 Å². The fraction of sp³-hybridized carbons (Fsp3) is 0.765. The Labute approximate surface area is 140 Å². The monoisotopic (exact) mass is 343 g/mol. The number of amides is 1. The molecule has 7 heteroatoms. The number of imidazole rings is 1. The van der Waals surface area contributed by atoms with E-state index in [0.29, 0.717) is 32.4 Å². The lowest BCUT2D eigenvalue weighted by atomic mass is 9.77. The van der Waals surface area contributed by atoms with Crippen molar-refractivity contribution >= 4 is 5.91 Å². The van der Waals surface area contributed by atoms with E-state index in [9.17, 15) is 18.0 Å². The predicted octanol–water partition coefficient (Wildman–Crippen LogP) is 3.72. The number of alkyl halides is 3. The fourth-order valence-corrected chi connectivity index (χ4v) is 4.21. The second kappa shape index (κ2) is 6.76. The van der Waals surface area contributed by atoms with Crippen molar-refractivity contribution in [3.63, 3.8) is 0 Å². The van der Waals surface area contributed by atoms with Gasteiger partial charge in [0.05, 0.1) is 12.0 Å². The molecule has 3 atom stereocenters. The molecule has 0 unspecified atom stereocenters. The molecule has 3 rings (SSSR count). The smallest absolute Gasteiger partial charge is 0.340 e. The molecule has 1 aromatic rings. The van der Waals surface area contributed by atoms with Crippen LogP contribution >= 0.6 is 0 Å². The summed E-state index contributed by atoms with van der Waals surface area (Å²) in [6.45, 7) is 2.95. The van der Waals surface area contributed by atoms with Crippen molar-refractivity contribution in [1.29, 1.82) is 0 Å². The van der Waals surface area contributed by atoms with E-state index in [4.69, 9.17) is 0 Å². The number of carbonyl (C=O) groups excluding carboxylic acids is 1. The molecule has 2 aliphatic rings. The SMILES string of the molecule is Cc1nccn1[C@@H]1CCCN(C(=O)[C@@H]2CCCC[C@H]2C(F)(F)F)C1. The molecule has 4 nitrogen and oxygen atoms in total. The van der Waals surface area contributed by atoms with Gasteiger partial charge in [0.25, 0.3) is 0 Å². The molecule has 1 saturated heterocycles. The van der Waals surface area contributed by atoms with E-state index in [0.717, 1.165) is 18.7 Å². The maximum Gasteiger partial charge on any atom is 0.392 e. The van der Waals surface area contributed by atoms with Crippen molar-refractivity contribution in [2.75, 3.05) is 13.1 Å². The molecule has 1 aliphatic heterocycles. The largest absolute Gasteiger partial charge is 0.392 e. The highest BCUT2D eigenvalue weighted by Crippen LogP contribution is 2.42. The van der Waals surface area contributed by atoms with Crippen molar-refractivity contribution in [1.82, 2.24) is 14.5 Å². The molecule has 2 fully saturated rings. The maximum atomic E-state index is 13.3. The van der Waals surface area contributed by atoms with E-state index in [2.05, 4.69) is 4.98 Å². The summed E-state index contributed by atoms with van der Waals surface area (Å²) in [5.74, 6) is -1.81. The van der Waals surface area contributed by atoms with Gasteiger partial charge in [-0.25, -0.2) is 4.98 Å². The van der Waals surface area contributed by atoms with Gasteiger partial charge in [0.2, 0.25) is 5.91 Å². The number of piperidine rings is 1. The zero-order valence-corrected chi connectivity index (χ0v) is 13.9. The molecule has 134 valence electrons. The standard InChI is InChI=1S/C17H24F3N3O/c1-12-21-8-10-23(12)13-5-4-9-22(11-13)16(24)14-6-2-3-7-15(14)17(18,19)20/h8,10,13-15H,2-7,9,11H2,1H3/t13-,14-,15-/m1/s1. The molecular weight excluding hydrogens is 319 g/mol. The molecule has 0 N–H and O–H groups in total. The Morgan fingerprint density at radius 1 is 1.21 bits per heavy atom. The van der Waals surface area contributed by atoms with Crippen LogP contribution in [-0.4, -0.2) is 39.6 Å². The molecule has 24 heavy (non-hydrogen) atoms. The Balaban J connectivity index is 1.73. The minimum atomic E-state index is -4.28. The first-order chi connectivity index (χ1) is 11.4. The minimum Gasteiger partial charge on any atom is -0.340 e. The molecule has 0 radical (unpaired) electrons. The van der Waals surface area contributed by atoms with Crippen LogP contribution < -0.4 is 0 Å². The lowest BCUT2D eigenvalue weighted by Crippen LogP contribution is -2.48. The number of halogens is 3. The van der Waals surface area contributed by atoms with Gasteiger partial charge in [-0.05, 0) is 32.6 Å². The van der Waals surface area contributed by atoms with Crippen LogP contribution in [0.1, 0.15) is 50.4 Å². The van der Waals surface area contributed by atoms with Gasteiger partial charge in [-0.1, -0.05) is 12.8 Å². The van der Waals surface area contributed by atoms with E-state index < -0.39 is 18.0 Å². The van der Waals surface area contributed by atoms with E-state index in [1.807, 2.05) is 17.7 Å². The van der Waals surface area contributed by atoms with Gasteiger partial charge in [-0.3, -0.25) is 4.79 Å². The Morgan fingerprint density at radius 3 is 2.62 bits per heavy atom. The van der Waals surface area contributed by atoms with Gasteiger partial charge >= 0.3 is 6.18 Å². The van der Waals surface area contributed by atoms with Crippen molar-refractivity contribution in [3.8, 4) is 0 Å². The number of hydrogen-bond donors (Lipinski definition) is 0. The summed E-state index contributed by atoms with van der Waals surface area (Å²) in [5.41, 5.74) is 0. The highest BCUT2D eigenvalue weighted by molar-refractivity contribution is 5.79. The Hall–Kier alpha value is -1.53. The summed E-state index contributed by atoms with van der Waals surface area (Å²) in [4.78, 5) is 18.7. The van der Waals surface area contributed by atoms with Gasteiger partial charge in [0.1, 0.15) is 5.82 Å². The van der Waals surface area contributed by atoms with Crippen LogP contribution in [0.4, 0.5) is 13.2 Å². The van der Waals surface area contributed by atoms with Crippen LogP contribution in [-0.2, 0) is 4.79 Å². The highest BCUT2D eigenvalue weighted by Gasteiger charge is 2.49. The zero-order valence-electron chi connectivity index (χ0n) is 13.9. The highest BCUT2D eigenvalue weighted by atomic mass is 19.4. The Morgan fingerprint density at radius 2 is 1.96 bits per heavy atom. The van der Waals surface area contributed by atoms with Crippen LogP contribution in [0.5, 0.6) is 0 Å². The molecule has 0 bridgehead atoms. The van der Waals surface area contributed by atoms with Crippen LogP contribution in [0, 0.1) is 18.8 Å². The molecule has 2 heterocycles. The maximum absolute atomic E-state index is 13.3. The summed E-state index contributed by atoms with van der Waals surface area (Å²) >= 11 is 0. The lowest BCUT2D eigenvalue weighted by Gasteiger charge is -2.39. The van der Waals surface area contributed by atoms with E-state index in [1.54, 1.807) is 11.1 Å². The number of rotatable bonds is 2. The number of hydrogen-bond acceptors (Lipinski definition) is 2. The first-order valence-corrected chi connectivity index (χ1v) is 8.73. The topological polar surface area (TPSA) is 38.1 Å². The molecule has 1 saturated carbocycles. The quantitative estimate of drug-likeness (QED) is 0.821. The molecule has 0 aromatic carbocycles. The van der Waals surface area contributed by atoms with Gasteiger partial charge in [-0.15, -0.1) is 0 Å². The van der Waals surface area contributed by atoms with E-state index in [1.165, 1.54) is 0 Å². The molecule has 0 spiro atoms. The van der Waals surface area contributed by atoms with E-state index >= 15 is 0 Å². The Bertz CT molecular complexity index is 584. The average molecular weight is 343 g/mol. The number of nitrogens with zero attached hydrogens (tertiary/aromatic N) is 3. The second-order valence-corrected chi connectivity index (χ2v) is 7.00. The number of aryl methyl sites for hydroxylation is 1. The lowest BCUT2D eigenvalue weighted by molar-refractivity contribution is -0.201. The average Bonchev–Trinajstić information content (AvgIpc) is 2.99. The second-order valence-electron chi connectivity index (χ2n) is 7.00. The summed E-state index contributed by atoms with van der Waals surface area (Å²) in [6, 6.07) is 0.109. The van der Waals surface area contributed by atoms with Crippen LogP contribution in [0.3, 0.4) is 0 Å². The molecule has 1 aliphatic carbocycles. The minimum absolute atomic E-state index is 0.0812. The van der Waals surface area contributed by atoms with Crippen molar-refractivity contribution < 1.29 is 18.0 Å². The number of aromatic nitrogens is 2. The first-order valence-electron chi connectivity index (χ1n) is 8.73. The fourth-order valence-electron chi connectivity index (χ4n) is 4.21. The third kappa shape index (κ3) is 3.44. The van der Waals surface area contributed by atoms with Gasteiger partial charge in [-0.2, -0.15) is 13.2 Å². The third-order valence-electron chi connectivity index (χ3n) is 5.47. The predicted molar refractivity (Wildman–Crippen MR) is 83.3 cm³/mol. The zero-order chi connectivity index (χ0) is 17.3. The normalized spacial score (nSPS) is 28.8. The van der Waals surface area contributed by atoms with Crippen molar-refractivity contribution in [2.45, 2.75) is 57.7 Å².